The number of thiazole rings is 1. The van der Waals surface area contributed by atoms with Gasteiger partial charge in [0.05, 0.1) is 10.7 Å². The van der Waals surface area contributed by atoms with Crippen LogP contribution in [0.1, 0.15) is 42.3 Å². The van der Waals surface area contributed by atoms with Crippen LogP contribution in [0, 0.1) is 0 Å². The summed E-state index contributed by atoms with van der Waals surface area (Å²) in [7, 11) is 2.20. The van der Waals surface area contributed by atoms with E-state index in [9.17, 15) is 0 Å². The van der Waals surface area contributed by atoms with Gasteiger partial charge in [-0.15, -0.1) is 21.5 Å². The van der Waals surface area contributed by atoms with Crippen molar-refractivity contribution in [2.45, 2.75) is 44.2 Å². The first kappa shape index (κ1) is 16.1. The average molecular weight is 369 g/mol. The standard InChI is InChI=1S/C18H23N7S/c1-23(8-14-11-26-18(21-14)13-4-2-3-5-13)15-9-25(10-15)16-17-22-20-12-24(17)7-6-19-16/h6-7,11-13,15H,2-5,8-10H2,1H3. The number of nitrogens with zero attached hydrogens (tertiary/aromatic N) is 7. The number of hydrogen-bond acceptors (Lipinski definition) is 7. The highest BCUT2D eigenvalue weighted by Gasteiger charge is 2.32. The lowest BCUT2D eigenvalue weighted by atomic mass is 10.1. The molecule has 1 saturated heterocycles. The van der Waals surface area contributed by atoms with Crippen LogP contribution in [-0.4, -0.2) is 55.6 Å². The third-order valence-electron chi connectivity index (χ3n) is 5.67. The van der Waals surface area contributed by atoms with Crippen molar-refractivity contribution in [3.8, 4) is 0 Å². The number of likely N-dealkylation sites (N-methyl/N-ethyl adjacent to an activating group) is 1. The first-order chi connectivity index (χ1) is 12.8. The quantitative estimate of drug-likeness (QED) is 0.689. The third kappa shape index (κ3) is 2.87. The average Bonchev–Trinajstić information content (AvgIpc) is 3.34. The van der Waals surface area contributed by atoms with E-state index in [2.05, 4.69) is 37.4 Å². The minimum Gasteiger partial charge on any atom is -0.350 e. The molecule has 2 aliphatic rings. The summed E-state index contributed by atoms with van der Waals surface area (Å²) in [6, 6.07) is 0.525. The molecule has 2 fully saturated rings. The van der Waals surface area contributed by atoms with Crippen LogP contribution in [0.4, 0.5) is 5.82 Å². The number of hydrogen-bond donors (Lipinski definition) is 0. The molecule has 1 aliphatic carbocycles. The van der Waals surface area contributed by atoms with Gasteiger partial charge in [0.1, 0.15) is 6.33 Å². The predicted molar refractivity (Wildman–Crippen MR) is 102 cm³/mol. The zero-order chi connectivity index (χ0) is 17.5. The molecule has 0 atom stereocenters. The van der Waals surface area contributed by atoms with E-state index in [-0.39, 0.29) is 0 Å². The molecule has 0 bridgehead atoms. The minimum atomic E-state index is 0.525. The second-order valence-electron chi connectivity index (χ2n) is 7.45. The fraction of sp³-hybridized carbons (Fsp3) is 0.556. The van der Waals surface area contributed by atoms with Crippen molar-refractivity contribution in [1.82, 2.24) is 29.5 Å². The molecule has 7 nitrogen and oxygen atoms in total. The second-order valence-corrected chi connectivity index (χ2v) is 8.33. The Kier molecular flexibility index (Phi) is 4.09. The lowest BCUT2D eigenvalue weighted by molar-refractivity contribution is 0.195. The Morgan fingerprint density at radius 3 is 2.96 bits per heavy atom. The minimum absolute atomic E-state index is 0.525. The van der Waals surface area contributed by atoms with Crippen LogP contribution >= 0.6 is 11.3 Å². The molecule has 1 aliphatic heterocycles. The van der Waals surface area contributed by atoms with Crippen LogP contribution in [0.25, 0.3) is 5.65 Å². The van der Waals surface area contributed by atoms with E-state index in [1.54, 1.807) is 6.33 Å². The molecule has 4 heterocycles. The van der Waals surface area contributed by atoms with Gasteiger partial charge >= 0.3 is 0 Å². The lowest BCUT2D eigenvalue weighted by Crippen LogP contribution is -2.58. The maximum absolute atomic E-state index is 4.91. The molecule has 0 N–H and O–H groups in total. The van der Waals surface area contributed by atoms with Crippen molar-refractivity contribution < 1.29 is 0 Å². The Morgan fingerprint density at radius 1 is 1.27 bits per heavy atom. The molecule has 5 rings (SSSR count). The number of aromatic nitrogens is 5. The maximum Gasteiger partial charge on any atom is 0.203 e. The lowest BCUT2D eigenvalue weighted by Gasteiger charge is -2.44. The summed E-state index contributed by atoms with van der Waals surface area (Å²) in [6.45, 7) is 2.86. The highest BCUT2D eigenvalue weighted by Crippen LogP contribution is 2.35. The summed E-state index contributed by atoms with van der Waals surface area (Å²) in [5, 5.41) is 11.8. The van der Waals surface area contributed by atoms with Crippen molar-refractivity contribution in [2.24, 2.45) is 0 Å². The maximum atomic E-state index is 4.91. The SMILES string of the molecule is CN(Cc1csc(C2CCCC2)n1)C1CN(c2nccn3cnnc23)C1. The largest absolute Gasteiger partial charge is 0.350 e. The summed E-state index contributed by atoms with van der Waals surface area (Å²) >= 11 is 1.85. The summed E-state index contributed by atoms with van der Waals surface area (Å²) < 4.78 is 1.92. The number of anilines is 1. The van der Waals surface area contributed by atoms with Gasteiger partial charge in [0.25, 0.3) is 0 Å². The van der Waals surface area contributed by atoms with Gasteiger partial charge in [-0.1, -0.05) is 12.8 Å². The normalized spacial score (nSPS) is 18.9. The zero-order valence-electron chi connectivity index (χ0n) is 15.0. The van der Waals surface area contributed by atoms with Crippen LogP contribution in [0.2, 0.25) is 0 Å². The van der Waals surface area contributed by atoms with Gasteiger partial charge in [-0.25, -0.2) is 9.97 Å². The molecule has 0 spiro atoms. The fourth-order valence-corrected chi connectivity index (χ4v) is 5.00. The smallest absolute Gasteiger partial charge is 0.203 e. The number of fused-ring (bicyclic) bond motifs is 1. The molecular weight excluding hydrogens is 346 g/mol. The van der Waals surface area contributed by atoms with Gasteiger partial charge < -0.3 is 4.90 Å². The molecule has 3 aromatic heterocycles. The summed E-state index contributed by atoms with van der Waals surface area (Å²) in [6.07, 6.45) is 10.8. The molecule has 0 radical (unpaired) electrons. The van der Waals surface area contributed by atoms with Crippen LogP contribution in [0.3, 0.4) is 0 Å². The van der Waals surface area contributed by atoms with Gasteiger partial charge in [-0.3, -0.25) is 9.30 Å². The fourth-order valence-electron chi connectivity index (χ4n) is 4.02. The van der Waals surface area contributed by atoms with E-state index >= 15 is 0 Å². The highest BCUT2D eigenvalue weighted by molar-refractivity contribution is 7.09. The first-order valence-corrected chi connectivity index (χ1v) is 10.2. The molecule has 0 unspecified atom stereocenters. The van der Waals surface area contributed by atoms with E-state index in [1.807, 2.05) is 28.1 Å². The molecule has 26 heavy (non-hydrogen) atoms. The Hall–Kier alpha value is -2.06. The zero-order valence-corrected chi connectivity index (χ0v) is 15.8. The molecule has 0 aromatic carbocycles. The first-order valence-electron chi connectivity index (χ1n) is 9.32. The van der Waals surface area contributed by atoms with Crippen LogP contribution in [0.15, 0.2) is 24.1 Å². The van der Waals surface area contributed by atoms with E-state index in [1.165, 1.54) is 36.4 Å². The van der Waals surface area contributed by atoms with E-state index in [4.69, 9.17) is 4.98 Å². The van der Waals surface area contributed by atoms with Crippen LogP contribution < -0.4 is 4.90 Å². The van der Waals surface area contributed by atoms with Crippen molar-refractivity contribution in [3.63, 3.8) is 0 Å². The van der Waals surface area contributed by atoms with E-state index in [0.717, 1.165) is 31.1 Å². The third-order valence-corrected chi connectivity index (χ3v) is 6.72. The van der Waals surface area contributed by atoms with Gasteiger partial charge in [0.15, 0.2) is 5.82 Å². The van der Waals surface area contributed by atoms with Crippen molar-refractivity contribution in [2.75, 3.05) is 25.0 Å². The summed E-state index contributed by atoms with van der Waals surface area (Å²) in [4.78, 5) is 14.1. The molecular formula is C18H23N7S. The molecule has 1 saturated carbocycles. The number of rotatable bonds is 5. The van der Waals surface area contributed by atoms with Gasteiger partial charge in [0.2, 0.25) is 5.65 Å². The van der Waals surface area contributed by atoms with Crippen molar-refractivity contribution in [1.29, 1.82) is 0 Å². The van der Waals surface area contributed by atoms with E-state index in [0.29, 0.717) is 12.0 Å². The topological polar surface area (TPSA) is 62.5 Å². The Morgan fingerprint density at radius 2 is 2.12 bits per heavy atom. The molecule has 3 aromatic rings. The summed E-state index contributed by atoms with van der Waals surface area (Å²) in [5.41, 5.74) is 2.05. The van der Waals surface area contributed by atoms with Crippen LogP contribution in [0.5, 0.6) is 0 Å². The monoisotopic (exact) mass is 369 g/mol. The summed E-state index contributed by atoms with van der Waals surface area (Å²) in [5.74, 6) is 1.64. The Labute approximate surface area is 156 Å². The highest BCUT2D eigenvalue weighted by atomic mass is 32.1. The van der Waals surface area contributed by atoms with Crippen LogP contribution in [-0.2, 0) is 6.54 Å². The molecule has 136 valence electrons. The van der Waals surface area contributed by atoms with Gasteiger partial charge in [-0.2, -0.15) is 0 Å². The Bertz CT molecular complexity index is 892. The van der Waals surface area contributed by atoms with Gasteiger partial charge in [-0.05, 0) is 19.9 Å². The Balaban J connectivity index is 1.20. The predicted octanol–water partition coefficient (Wildman–Crippen LogP) is 2.56. The van der Waals surface area contributed by atoms with Gasteiger partial charge in [0, 0.05) is 49.4 Å². The van der Waals surface area contributed by atoms with Crippen molar-refractivity contribution in [3.05, 3.63) is 34.8 Å². The molecule has 8 heteroatoms. The van der Waals surface area contributed by atoms with E-state index < -0.39 is 0 Å². The molecule has 0 amide bonds. The van der Waals surface area contributed by atoms with Crippen molar-refractivity contribution >= 4 is 22.8 Å². The second kappa shape index (κ2) is 6.59.